The zero-order valence-electron chi connectivity index (χ0n) is 11.1. The number of fused-ring (bicyclic) bond motifs is 2. The summed E-state index contributed by atoms with van der Waals surface area (Å²) in [7, 11) is 0. The van der Waals surface area contributed by atoms with Crippen molar-refractivity contribution in [2.24, 2.45) is 17.8 Å². The summed E-state index contributed by atoms with van der Waals surface area (Å²) in [6, 6.07) is 0. The van der Waals surface area contributed by atoms with E-state index >= 15 is 0 Å². The van der Waals surface area contributed by atoms with Crippen LogP contribution in [0.15, 0.2) is 0 Å². The van der Waals surface area contributed by atoms with Gasteiger partial charge in [0.25, 0.3) is 0 Å². The van der Waals surface area contributed by atoms with Crippen LogP contribution in [0.4, 0.5) is 0 Å². The Hall–Kier alpha value is -0.940. The molecule has 2 aliphatic heterocycles. The Balaban J connectivity index is 1.62. The topological polar surface area (TPSA) is 66.8 Å². The van der Waals surface area contributed by atoms with E-state index in [9.17, 15) is 9.59 Å². The normalized spacial score (nSPS) is 39.5. The third-order valence-corrected chi connectivity index (χ3v) is 4.74. The second-order valence-electron chi connectivity index (χ2n) is 6.16. The van der Waals surface area contributed by atoms with E-state index in [4.69, 9.17) is 9.84 Å². The van der Waals surface area contributed by atoms with Crippen LogP contribution in [0.25, 0.3) is 0 Å². The van der Waals surface area contributed by atoms with Crippen LogP contribution in [-0.2, 0) is 14.3 Å². The quantitative estimate of drug-likeness (QED) is 0.818. The Kier molecular flexibility index (Phi) is 3.58. The molecular formula is C14H21NO4. The highest BCUT2D eigenvalue weighted by atomic mass is 16.5. The van der Waals surface area contributed by atoms with E-state index in [1.807, 2.05) is 0 Å². The van der Waals surface area contributed by atoms with Gasteiger partial charge in [-0.05, 0) is 25.7 Å². The van der Waals surface area contributed by atoms with E-state index in [2.05, 4.69) is 4.90 Å². The van der Waals surface area contributed by atoms with Gasteiger partial charge in [0, 0.05) is 38.1 Å². The van der Waals surface area contributed by atoms with Gasteiger partial charge in [0.05, 0.1) is 12.0 Å². The zero-order chi connectivity index (χ0) is 13.4. The third-order valence-electron chi connectivity index (χ3n) is 4.74. The van der Waals surface area contributed by atoms with Crippen LogP contribution in [0, 0.1) is 17.8 Å². The van der Waals surface area contributed by atoms with E-state index in [0.29, 0.717) is 24.7 Å². The maximum atomic E-state index is 12.1. The molecule has 5 nitrogen and oxygen atoms in total. The van der Waals surface area contributed by atoms with Crippen LogP contribution in [0.5, 0.6) is 0 Å². The van der Waals surface area contributed by atoms with Crippen LogP contribution in [-0.4, -0.2) is 54.1 Å². The summed E-state index contributed by atoms with van der Waals surface area (Å²) in [6.45, 7) is 3.20. The molecule has 0 aromatic carbocycles. The number of hydrogen-bond donors (Lipinski definition) is 1. The third kappa shape index (κ3) is 2.67. The summed E-state index contributed by atoms with van der Waals surface area (Å²) in [5, 5.41) is 9.13. The highest BCUT2D eigenvalue weighted by molar-refractivity contribution is 5.87. The molecule has 2 bridgehead atoms. The molecule has 0 amide bonds. The van der Waals surface area contributed by atoms with E-state index in [0.717, 1.165) is 39.1 Å². The predicted octanol–water partition coefficient (Wildman–Crippen LogP) is 0.777. The van der Waals surface area contributed by atoms with Gasteiger partial charge in [0.1, 0.15) is 5.78 Å². The van der Waals surface area contributed by atoms with Crippen LogP contribution < -0.4 is 0 Å². The maximum absolute atomic E-state index is 12.1. The second-order valence-corrected chi connectivity index (χ2v) is 6.16. The van der Waals surface area contributed by atoms with Gasteiger partial charge in [-0.15, -0.1) is 0 Å². The van der Waals surface area contributed by atoms with Gasteiger partial charge in [-0.2, -0.15) is 0 Å². The average Bonchev–Trinajstić information content (AvgIpc) is 2.82. The van der Waals surface area contributed by atoms with Crippen molar-refractivity contribution >= 4 is 11.8 Å². The monoisotopic (exact) mass is 267 g/mol. The minimum absolute atomic E-state index is 0.0741. The van der Waals surface area contributed by atoms with Crippen LogP contribution >= 0.6 is 0 Å². The number of carbonyl (C=O) groups is 2. The molecule has 2 heterocycles. The maximum Gasteiger partial charge on any atom is 0.306 e. The lowest BCUT2D eigenvalue weighted by atomic mass is 9.71. The number of aliphatic carboxylic acids is 1. The van der Waals surface area contributed by atoms with Crippen molar-refractivity contribution in [3.8, 4) is 0 Å². The largest absolute Gasteiger partial charge is 0.481 e. The van der Waals surface area contributed by atoms with Crippen LogP contribution in [0.3, 0.4) is 0 Å². The molecule has 5 heteroatoms. The lowest BCUT2D eigenvalue weighted by Crippen LogP contribution is -2.53. The van der Waals surface area contributed by atoms with E-state index < -0.39 is 5.97 Å². The summed E-state index contributed by atoms with van der Waals surface area (Å²) in [5.41, 5.74) is 0. The summed E-state index contributed by atoms with van der Waals surface area (Å²) in [4.78, 5) is 25.5. The number of piperidine rings is 1. The standard InChI is InChI=1S/C14H21NO4/c16-13-10-4-9(14(17)18)5-11(13)7-15(6-10)8-12-2-1-3-19-12/h9-12H,1-8H2,(H,17,18). The summed E-state index contributed by atoms with van der Waals surface area (Å²) in [5.74, 6) is -0.918. The van der Waals surface area contributed by atoms with Crippen molar-refractivity contribution in [1.82, 2.24) is 4.90 Å². The van der Waals surface area contributed by atoms with Crippen molar-refractivity contribution in [2.75, 3.05) is 26.2 Å². The minimum atomic E-state index is -0.741. The van der Waals surface area contributed by atoms with Gasteiger partial charge in [-0.25, -0.2) is 0 Å². The lowest BCUT2D eigenvalue weighted by molar-refractivity contribution is -0.149. The van der Waals surface area contributed by atoms with Crippen molar-refractivity contribution in [3.63, 3.8) is 0 Å². The van der Waals surface area contributed by atoms with Gasteiger partial charge in [-0.1, -0.05) is 0 Å². The van der Waals surface area contributed by atoms with Gasteiger partial charge in [-0.3, -0.25) is 14.5 Å². The Bertz CT molecular complexity index is 360. The molecule has 3 rings (SSSR count). The molecule has 0 spiro atoms. The average molecular weight is 267 g/mol. The van der Waals surface area contributed by atoms with E-state index in [1.54, 1.807) is 0 Å². The number of likely N-dealkylation sites (tertiary alicyclic amines) is 1. The number of carboxylic acid groups (broad SMARTS) is 1. The first kappa shape index (κ1) is 13.1. The molecule has 19 heavy (non-hydrogen) atoms. The molecule has 0 aromatic rings. The van der Waals surface area contributed by atoms with Crippen molar-refractivity contribution in [2.45, 2.75) is 31.8 Å². The Morgan fingerprint density at radius 2 is 2.00 bits per heavy atom. The number of ketones is 1. The zero-order valence-corrected chi connectivity index (χ0v) is 11.1. The van der Waals surface area contributed by atoms with Crippen LogP contribution in [0.1, 0.15) is 25.7 Å². The molecule has 1 saturated carbocycles. The highest BCUT2D eigenvalue weighted by Gasteiger charge is 2.44. The van der Waals surface area contributed by atoms with Crippen molar-refractivity contribution < 1.29 is 19.4 Å². The number of carbonyl (C=O) groups excluding carboxylic acids is 1. The molecule has 1 aliphatic carbocycles. The van der Waals surface area contributed by atoms with Crippen LogP contribution in [0.2, 0.25) is 0 Å². The Labute approximate surface area is 112 Å². The minimum Gasteiger partial charge on any atom is -0.481 e. The first-order valence-electron chi connectivity index (χ1n) is 7.24. The van der Waals surface area contributed by atoms with Gasteiger partial charge < -0.3 is 9.84 Å². The number of Topliss-reactive ketones (excluding diaryl/α,β-unsaturated/α-hetero) is 1. The molecule has 3 fully saturated rings. The molecule has 3 unspecified atom stereocenters. The van der Waals surface area contributed by atoms with Gasteiger partial charge >= 0.3 is 5.97 Å². The molecular weight excluding hydrogens is 246 g/mol. The second kappa shape index (κ2) is 5.21. The molecule has 0 radical (unpaired) electrons. The van der Waals surface area contributed by atoms with Crippen molar-refractivity contribution in [1.29, 1.82) is 0 Å². The summed E-state index contributed by atoms with van der Waals surface area (Å²) >= 11 is 0. The fraction of sp³-hybridized carbons (Fsp3) is 0.857. The predicted molar refractivity (Wildman–Crippen MR) is 67.8 cm³/mol. The first-order valence-corrected chi connectivity index (χ1v) is 7.24. The molecule has 3 atom stereocenters. The highest BCUT2D eigenvalue weighted by Crippen LogP contribution is 2.35. The lowest BCUT2D eigenvalue weighted by Gasteiger charge is -2.42. The molecule has 0 aromatic heterocycles. The molecule has 2 saturated heterocycles. The number of ether oxygens (including phenoxy) is 1. The van der Waals surface area contributed by atoms with Gasteiger partial charge in [0.2, 0.25) is 0 Å². The number of hydrogen-bond acceptors (Lipinski definition) is 4. The SMILES string of the molecule is O=C(O)C1CC2CN(CC3CCCO3)CC(C1)C2=O. The van der Waals surface area contributed by atoms with E-state index in [1.165, 1.54) is 0 Å². The molecule has 1 N–H and O–H groups in total. The summed E-state index contributed by atoms with van der Waals surface area (Å²) in [6.07, 6.45) is 3.59. The number of carboxylic acids is 1. The fourth-order valence-electron chi connectivity index (χ4n) is 3.80. The van der Waals surface area contributed by atoms with Gasteiger partial charge in [0.15, 0.2) is 0 Å². The Morgan fingerprint density at radius 3 is 2.53 bits per heavy atom. The fourth-order valence-corrected chi connectivity index (χ4v) is 3.80. The molecule has 3 aliphatic rings. The van der Waals surface area contributed by atoms with E-state index in [-0.39, 0.29) is 17.8 Å². The summed E-state index contributed by atoms with van der Waals surface area (Å²) < 4.78 is 5.64. The number of rotatable bonds is 3. The first-order chi connectivity index (χ1) is 9.13. The smallest absolute Gasteiger partial charge is 0.306 e. The van der Waals surface area contributed by atoms with Crippen molar-refractivity contribution in [3.05, 3.63) is 0 Å². The molecule has 106 valence electrons. The number of nitrogens with zero attached hydrogens (tertiary/aromatic N) is 1. The Morgan fingerprint density at radius 1 is 1.32 bits per heavy atom.